The molecule has 1 aliphatic rings. The molecule has 0 radical (unpaired) electrons. The average molecular weight is 294 g/mol. The van der Waals surface area contributed by atoms with Crippen molar-refractivity contribution in [1.82, 2.24) is 10.2 Å². The van der Waals surface area contributed by atoms with Gasteiger partial charge in [0.05, 0.1) is 13.7 Å². The molecule has 1 aromatic carbocycles. The maximum absolute atomic E-state index is 11.0. The van der Waals surface area contributed by atoms with E-state index in [1.807, 2.05) is 25.1 Å². The number of carbonyl (C=O) groups is 1. The Balaban J connectivity index is 1.83. The summed E-state index contributed by atoms with van der Waals surface area (Å²) in [5.41, 5.74) is 1.12. The second kappa shape index (κ2) is 7.17. The Morgan fingerprint density at radius 2 is 2.29 bits per heavy atom. The van der Waals surface area contributed by atoms with Crippen molar-refractivity contribution in [2.75, 3.05) is 33.4 Å². The van der Waals surface area contributed by atoms with Gasteiger partial charge in [-0.3, -0.25) is 0 Å². The zero-order chi connectivity index (χ0) is 15.2. The standard InChI is InChI=1S/C15H22N2O4/c1-11-3-4-13(14(9-11)20-2)21-8-5-12-10-17(15(18)19)7-6-16-12/h3-4,9,12,16H,5-8,10H2,1-2H3,(H,18,19)/t12-/m1/s1. The summed E-state index contributed by atoms with van der Waals surface area (Å²) in [4.78, 5) is 12.4. The summed E-state index contributed by atoms with van der Waals surface area (Å²) in [5.74, 6) is 1.44. The van der Waals surface area contributed by atoms with E-state index in [0.29, 0.717) is 32.0 Å². The van der Waals surface area contributed by atoms with Gasteiger partial charge in [0, 0.05) is 25.7 Å². The molecule has 1 fully saturated rings. The molecule has 0 bridgehead atoms. The number of aryl methyl sites for hydroxylation is 1. The molecule has 0 unspecified atom stereocenters. The van der Waals surface area contributed by atoms with Gasteiger partial charge < -0.3 is 24.8 Å². The molecule has 1 aliphatic heterocycles. The number of nitrogens with one attached hydrogen (secondary N) is 1. The van der Waals surface area contributed by atoms with E-state index in [0.717, 1.165) is 17.7 Å². The minimum Gasteiger partial charge on any atom is -0.493 e. The van der Waals surface area contributed by atoms with E-state index in [-0.39, 0.29) is 6.04 Å². The highest BCUT2D eigenvalue weighted by atomic mass is 16.5. The van der Waals surface area contributed by atoms with Gasteiger partial charge in [-0.05, 0) is 31.0 Å². The Hall–Kier alpha value is -1.95. The molecule has 1 atom stereocenters. The summed E-state index contributed by atoms with van der Waals surface area (Å²) in [6.07, 6.45) is -0.108. The van der Waals surface area contributed by atoms with Gasteiger partial charge in [0.1, 0.15) is 0 Å². The third kappa shape index (κ3) is 4.26. The third-order valence-corrected chi connectivity index (χ3v) is 3.57. The Bertz CT molecular complexity index is 493. The largest absolute Gasteiger partial charge is 0.493 e. The summed E-state index contributed by atoms with van der Waals surface area (Å²) in [6, 6.07) is 5.93. The topological polar surface area (TPSA) is 71.0 Å². The number of rotatable bonds is 5. The molecule has 1 aromatic rings. The van der Waals surface area contributed by atoms with Crippen LogP contribution in [0.5, 0.6) is 11.5 Å². The lowest BCUT2D eigenvalue weighted by atomic mass is 10.1. The number of ether oxygens (including phenoxy) is 2. The molecule has 0 aromatic heterocycles. The zero-order valence-electron chi connectivity index (χ0n) is 12.5. The average Bonchev–Trinajstić information content (AvgIpc) is 2.49. The summed E-state index contributed by atoms with van der Waals surface area (Å²) in [6.45, 7) is 4.25. The van der Waals surface area contributed by atoms with E-state index >= 15 is 0 Å². The number of nitrogens with zero attached hydrogens (tertiary/aromatic N) is 1. The molecule has 0 aliphatic carbocycles. The monoisotopic (exact) mass is 294 g/mol. The van der Waals surface area contributed by atoms with Crippen LogP contribution in [-0.2, 0) is 0 Å². The van der Waals surface area contributed by atoms with Gasteiger partial charge in [0.25, 0.3) is 0 Å². The number of carboxylic acid groups (broad SMARTS) is 1. The van der Waals surface area contributed by atoms with Crippen molar-refractivity contribution in [3.05, 3.63) is 23.8 Å². The Kier molecular flexibility index (Phi) is 5.27. The molecule has 0 saturated carbocycles. The van der Waals surface area contributed by atoms with Crippen LogP contribution in [0.1, 0.15) is 12.0 Å². The number of hydrogen-bond donors (Lipinski definition) is 2. The molecule has 116 valence electrons. The van der Waals surface area contributed by atoms with E-state index < -0.39 is 6.09 Å². The van der Waals surface area contributed by atoms with Crippen molar-refractivity contribution < 1.29 is 19.4 Å². The first-order valence-electron chi connectivity index (χ1n) is 7.09. The van der Waals surface area contributed by atoms with Crippen LogP contribution in [0.3, 0.4) is 0 Å². The van der Waals surface area contributed by atoms with Crippen molar-refractivity contribution in [3.8, 4) is 11.5 Å². The minimum absolute atomic E-state index is 0.131. The van der Waals surface area contributed by atoms with Crippen molar-refractivity contribution >= 4 is 6.09 Å². The fourth-order valence-corrected chi connectivity index (χ4v) is 2.40. The highest BCUT2D eigenvalue weighted by molar-refractivity contribution is 5.65. The van der Waals surface area contributed by atoms with Gasteiger partial charge in [-0.25, -0.2) is 4.79 Å². The summed E-state index contributed by atoms with van der Waals surface area (Å²) in [5, 5.41) is 12.3. The highest BCUT2D eigenvalue weighted by Crippen LogP contribution is 2.27. The first-order chi connectivity index (χ1) is 10.1. The van der Waals surface area contributed by atoms with Crippen LogP contribution in [0.4, 0.5) is 4.79 Å². The maximum atomic E-state index is 11.0. The zero-order valence-corrected chi connectivity index (χ0v) is 12.5. The number of benzene rings is 1. The number of hydrogen-bond acceptors (Lipinski definition) is 4. The molecule has 2 rings (SSSR count). The van der Waals surface area contributed by atoms with Crippen LogP contribution in [0.2, 0.25) is 0 Å². The van der Waals surface area contributed by atoms with Gasteiger partial charge in [-0.2, -0.15) is 0 Å². The maximum Gasteiger partial charge on any atom is 0.407 e. The number of methoxy groups -OCH3 is 1. The van der Waals surface area contributed by atoms with Gasteiger partial charge in [-0.15, -0.1) is 0 Å². The smallest absolute Gasteiger partial charge is 0.407 e. The molecule has 1 heterocycles. The van der Waals surface area contributed by atoms with Crippen molar-refractivity contribution in [3.63, 3.8) is 0 Å². The quantitative estimate of drug-likeness (QED) is 0.865. The minimum atomic E-state index is -0.859. The molecule has 2 N–H and O–H groups in total. The summed E-state index contributed by atoms with van der Waals surface area (Å²) in [7, 11) is 1.62. The van der Waals surface area contributed by atoms with Crippen molar-refractivity contribution in [2.24, 2.45) is 0 Å². The van der Waals surface area contributed by atoms with Crippen LogP contribution in [0.25, 0.3) is 0 Å². The Labute approximate surface area is 124 Å². The van der Waals surface area contributed by atoms with E-state index in [9.17, 15) is 4.79 Å². The molecule has 0 spiro atoms. The first-order valence-corrected chi connectivity index (χ1v) is 7.09. The van der Waals surface area contributed by atoms with Gasteiger partial charge in [-0.1, -0.05) is 6.07 Å². The van der Waals surface area contributed by atoms with Gasteiger partial charge in [0.15, 0.2) is 11.5 Å². The molecule has 21 heavy (non-hydrogen) atoms. The van der Waals surface area contributed by atoms with Crippen LogP contribution in [0.15, 0.2) is 18.2 Å². The second-order valence-corrected chi connectivity index (χ2v) is 5.17. The Morgan fingerprint density at radius 1 is 1.48 bits per heavy atom. The Morgan fingerprint density at radius 3 is 3.00 bits per heavy atom. The molecule has 1 saturated heterocycles. The highest BCUT2D eigenvalue weighted by Gasteiger charge is 2.22. The molecule has 6 heteroatoms. The van der Waals surface area contributed by atoms with Crippen LogP contribution < -0.4 is 14.8 Å². The van der Waals surface area contributed by atoms with Crippen LogP contribution in [0, 0.1) is 6.92 Å². The molecular formula is C15H22N2O4. The normalized spacial score (nSPS) is 18.4. The van der Waals surface area contributed by atoms with E-state index in [4.69, 9.17) is 14.6 Å². The van der Waals surface area contributed by atoms with Crippen LogP contribution >= 0.6 is 0 Å². The van der Waals surface area contributed by atoms with E-state index in [1.54, 1.807) is 7.11 Å². The number of piperazine rings is 1. The molecular weight excluding hydrogens is 272 g/mol. The lowest BCUT2D eigenvalue weighted by molar-refractivity contribution is 0.124. The lowest BCUT2D eigenvalue weighted by Crippen LogP contribution is -2.52. The van der Waals surface area contributed by atoms with Crippen LogP contribution in [-0.4, -0.2) is 55.5 Å². The SMILES string of the molecule is COc1cc(C)ccc1OCC[C@@H]1CN(C(=O)O)CCN1. The lowest BCUT2D eigenvalue weighted by Gasteiger charge is -2.31. The first kappa shape index (κ1) is 15.4. The summed E-state index contributed by atoms with van der Waals surface area (Å²) >= 11 is 0. The number of amides is 1. The van der Waals surface area contributed by atoms with E-state index in [1.165, 1.54) is 4.90 Å². The third-order valence-electron chi connectivity index (χ3n) is 3.57. The van der Waals surface area contributed by atoms with E-state index in [2.05, 4.69) is 5.32 Å². The van der Waals surface area contributed by atoms with Gasteiger partial charge >= 0.3 is 6.09 Å². The predicted octanol–water partition coefficient (Wildman–Crippen LogP) is 1.72. The fraction of sp³-hybridized carbons (Fsp3) is 0.533. The van der Waals surface area contributed by atoms with Gasteiger partial charge in [0.2, 0.25) is 0 Å². The second-order valence-electron chi connectivity index (χ2n) is 5.17. The predicted molar refractivity (Wildman–Crippen MR) is 79.2 cm³/mol. The molecule has 1 amide bonds. The van der Waals surface area contributed by atoms with Crippen molar-refractivity contribution in [1.29, 1.82) is 0 Å². The van der Waals surface area contributed by atoms with Crippen molar-refractivity contribution in [2.45, 2.75) is 19.4 Å². The fourth-order valence-electron chi connectivity index (χ4n) is 2.40. The molecule has 6 nitrogen and oxygen atoms in total. The summed E-state index contributed by atoms with van der Waals surface area (Å²) < 4.78 is 11.0.